The lowest BCUT2D eigenvalue weighted by atomic mass is 10.0. The predicted octanol–water partition coefficient (Wildman–Crippen LogP) is 3.86. The first-order chi connectivity index (χ1) is 13.5. The van der Waals surface area contributed by atoms with E-state index in [0.29, 0.717) is 5.56 Å². The smallest absolute Gasteiger partial charge is 0.256 e. The lowest BCUT2D eigenvalue weighted by molar-refractivity contribution is 0.102. The van der Waals surface area contributed by atoms with Crippen molar-refractivity contribution in [2.24, 2.45) is 0 Å². The molecular formula is C23H26N4O. The Hall–Kier alpha value is -2.92. The number of fused-ring (bicyclic) bond motifs is 1. The molecule has 0 unspecified atom stereocenters. The summed E-state index contributed by atoms with van der Waals surface area (Å²) in [4.78, 5) is 22.2. The maximum atomic E-state index is 13.0. The van der Waals surface area contributed by atoms with Gasteiger partial charge >= 0.3 is 0 Å². The molecule has 1 N–H and O–H groups in total. The fourth-order valence-corrected chi connectivity index (χ4v) is 3.68. The van der Waals surface area contributed by atoms with Gasteiger partial charge in [-0.1, -0.05) is 11.6 Å². The zero-order valence-corrected chi connectivity index (χ0v) is 16.7. The number of benzene rings is 2. The van der Waals surface area contributed by atoms with Crippen LogP contribution in [0.25, 0.3) is 10.9 Å². The molecule has 1 saturated heterocycles. The number of carbonyl (C=O) groups is 1. The van der Waals surface area contributed by atoms with E-state index in [2.05, 4.69) is 39.3 Å². The Labute approximate surface area is 166 Å². The predicted molar refractivity (Wildman–Crippen MR) is 115 cm³/mol. The number of aryl methyl sites for hydroxylation is 2. The van der Waals surface area contributed by atoms with Crippen molar-refractivity contribution in [2.75, 3.05) is 43.4 Å². The van der Waals surface area contributed by atoms with E-state index in [4.69, 9.17) is 0 Å². The molecule has 144 valence electrons. The number of amides is 1. The van der Waals surface area contributed by atoms with E-state index >= 15 is 0 Å². The molecule has 28 heavy (non-hydrogen) atoms. The summed E-state index contributed by atoms with van der Waals surface area (Å²) in [7, 11) is 2.15. The van der Waals surface area contributed by atoms with E-state index in [-0.39, 0.29) is 5.91 Å². The zero-order chi connectivity index (χ0) is 19.7. The molecule has 0 spiro atoms. The maximum absolute atomic E-state index is 13.0. The molecule has 5 heteroatoms. The van der Waals surface area contributed by atoms with Crippen LogP contribution in [-0.4, -0.2) is 49.0 Å². The standard InChI is InChI=1S/C23H26N4O/c1-16-4-9-22-20(14-16)21(15-17(2)24-22)23(28)25-18-5-7-19(8-6-18)27-12-10-26(3)11-13-27/h4-9,14-15H,10-13H2,1-3H3,(H,25,28). The molecule has 2 heterocycles. The van der Waals surface area contributed by atoms with E-state index in [1.54, 1.807) is 0 Å². The summed E-state index contributed by atoms with van der Waals surface area (Å²) in [5.74, 6) is -0.103. The molecule has 1 fully saturated rings. The first kappa shape index (κ1) is 18.4. The molecule has 1 aromatic heterocycles. The van der Waals surface area contributed by atoms with Gasteiger partial charge < -0.3 is 15.1 Å². The monoisotopic (exact) mass is 374 g/mol. The molecule has 0 saturated carbocycles. The van der Waals surface area contributed by atoms with Gasteiger partial charge in [-0.15, -0.1) is 0 Å². The third-order valence-electron chi connectivity index (χ3n) is 5.33. The van der Waals surface area contributed by atoms with Crippen LogP contribution in [0.4, 0.5) is 11.4 Å². The molecule has 0 atom stereocenters. The van der Waals surface area contributed by atoms with Crippen LogP contribution in [-0.2, 0) is 0 Å². The summed E-state index contributed by atoms with van der Waals surface area (Å²) >= 11 is 0. The quantitative estimate of drug-likeness (QED) is 0.756. The summed E-state index contributed by atoms with van der Waals surface area (Å²) in [6, 6.07) is 16.0. The second-order valence-corrected chi connectivity index (χ2v) is 7.62. The molecule has 3 aromatic rings. The topological polar surface area (TPSA) is 48.5 Å². The lowest BCUT2D eigenvalue weighted by Gasteiger charge is -2.34. The molecular weight excluding hydrogens is 348 g/mol. The lowest BCUT2D eigenvalue weighted by Crippen LogP contribution is -2.44. The van der Waals surface area contributed by atoms with Crippen molar-refractivity contribution < 1.29 is 4.79 Å². The molecule has 0 bridgehead atoms. The Kier molecular flexibility index (Phi) is 5.01. The number of likely N-dealkylation sites (N-methyl/N-ethyl adjacent to an activating group) is 1. The van der Waals surface area contributed by atoms with E-state index in [0.717, 1.165) is 54.0 Å². The first-order valence-corrected chi connectivity index (χ1v) is 9.72. The molecule has 1 aliphatic rings. The van der Waals surface area contributed by atoms with Crippen LogP contribution in [0, 0.1) is 13.8 Å². The van der Waals surface area contributed by atoms with Crippen LogP contribution in [0.1, 0.15) is 21.6 Å². The summed E-state index contributed by atoms with van der Waals surface area (Å²) in [5, 5.41) is 3.93. The van der Waals surface area contributed by atoms with E-state index in [1.807, 2.05) is 50.2 Å². The highest BCUT2D eigenvalue weighted by Crippen LogP contribution is 2.23. The number of hydrogen-bond acceptors (Lipinski definition) is 4. The number of anilines is 2. The Bertz CT molecular complexity index is 1010. The summed E-state index contributed by atoms with van der Waals surface area (Å²) < 4.78 is 0. The number of carbonyl (C=O) groups excluding carboxylic acids is 1. The number of nitrogens with one attached hydrogen (secondary N) is 1. The average molecular weight is 374 g/mol. The Morgan fingerprint density at radius 1 is 0.964 bits per heavy atom. The summed E-state index contributed by atoms with van der Waals surface area (Å²) in [6.45, 7) is 8.16. The normalized spacial score (nSPS) is 15.0. The van der Waals surface area contributed by atoms with Gasteiger partial charge in [-0.25, -0.2) is 0 Å². The van der Waals surface area contributed by atoms with Gasteiger partial charge in [0.15, 0.2) is 0 Å². The van der Waals surface area contributed by atoms with Crippen LogP contribution in [0.3, 0.4) is 0 Å². The van der Waals surface area contributed by atoms with Gasteiger partial charge in [0, 0.05) is 48.6 Å². The number of aromatic nitrogens is 1. The number of piperazine rings is 1. The maximum Gasteiger partial charge on any atom is 0.256 e. The fourth-order valence-electron chi connectivity index (χ4n) is 3.68. The Morgan fingerprint density at radius 2 is 1.68 bits per heavy atom. The van der Waals surface area contributed by atoms with Crippen LogP contribution in [0.15, 0.2) is 48.5 Å². The van der Waals surface area contributed by atoms with Crippen molar-refractivity contribution in [1.29, 1.82) is 0 Å². The molecule has 4 rings (SSSR count). The first-order valence-electron chi connectivity index (χ1n) is 9.72. The van der Waals surface area contributed by atoms with Gasteiger partial charge in [-0.3, -0.25) is 9.78 Å². The number of rotatable bonds is 3. The minimum Gasteiger partial charge on any atom is -0.369 e. The highest BCUT2D eigenvalue weighted by atomic mass is 16.1. The third-order valence-corrected chi connectivity index (χ3v) is 5.33. The average Bonchev–Trinajstić information content (AvgIpc) is 2.69. The van der Waals surface area contributed by atoms with Gasteiger partial charge in [0.25, 0.3) is 5.91 Å². The number of nitrogens with zero attached hydrogens (tertiary/aromatic N) is 3. The molecule has 5 nitrogen and oxygen atoms in total. The molecule has 0 aliphatic carbocycles. The second kappa shape index (κ2) is 7.60. The van der Waals surface area contributed by atoms with E-state index < -0.39 is 0 Å². The van der Waals surface area contributed by atoms with Crippen molar-refractivity contribution in [3.8, 4) is 0 Å². The molecule has 2 aromatic carbocycles. The molecule has 1 aliphatic heterocycles. The van der Waals surface area contributed by atoms with Gasteiger partial charge in [0.2, 0.25) is 0 Å². The van der Waals surface area contributed by atoms with Crippen molar-refractivity contribution in [1.82, 2.24) is 9.88 Å². The third kappa shape index (κ3) is 3.85. The molecule has 1 amide bonds. The van der Waals surface area contributed by atoms with Crippen molar-refractivity contribution in [3.63, 3.8) is 0 Å². The van der Waals surface area contributed by atoms with Crippen LogP contribution >= 0.6 is 0 Å². The number of hydrogen-bond donors (Lipinski definition) is 1. The van der Waals surface area contributed by atoms with Crippen LogP contribution < -0.4 is 10.2 Å². The molecule has 0 radical (unpaired) electrons. The van der Waals surface area contributed by atoms with Gasteiger partial charge in [-0.05, 0) is 63.4 Å². The largest absolute Gasteiger partial charge is 0.369 e. The van der Waals surface area contributed by atoms with E-state index in [1.165, 1.54) is 5.69 Å². The highest BCUT2D eigenvalue weighted by Gasteiger charge is 2.15. The minimum absolute atomic E-state index is 0.103. The summed E-state index contributed by atoms with van der Waals surface area (Å²) in [6.07, 6.45) is 0. The zero-order valence-electron chi connectivity index (χ0n) is 16.7. The van der Waals surface area contributed by atoms with Crippen LogP contribution in [0.2, 0.25) is 0 Å². The van der Waals surface area contributed by atoms with Gasteiger partial charge in [0.1, 0.15) is 0 Å². The van der Waals surface area contributed by atoms with Crippen molar-refractivity contribution in [2.45, 2.75) is 13.8 Å². The number of pyridine rings is 1. The minimum atomic E-state index is -0.103. The van der Waals surface area contributed by atoms with Crippen molar-refractivity contribution in [3.05, 3.63) is 65.4 Å². The van der Waals surface area contributed by atoms with E-state index in [9.17, 15) is 4.79 Å². The van der Waals surface area contributed by atoms with Crippen LogP contribution in [0.5, 0.6) is 0 Å². The summed E-state index contributed by atoms with van der Waals surface area (Å²) in [5.41, 5.74) is 5.47. The second-order valence-electron chi connectivity index (χ2n) is 7.62. The SMILES string of the molecule is Cc1ccc2nc(C)cc(C(=O)Nc3ccc(N4CCN(C)CC4)cc3)c2c1. The van der Waals surface area contributed by atoms with Crippen molar-refractivity contribution >= 4 is 28.2 Å². The van der Waals surface area contributed by atoms with Gasteiger partial charge in [0.05, 0.1) is 11.1 Å². The Balaban J connectivity index is 1.54. The van der Waals surface area contributed by atoms with Gasteiger partial charge in [-0.2, -0.15) is 0 Å². The highest BCUT2D eigenvalue weighted by molar-refractivity contribution is 6.12. The fraction of sp³-hybridized carbons (Fsp3) is 0.304. The Morgan fingerprint density at radius 3 is 2.39 bits per heavy atom.